The molecule has 0 bridgehead atoms. The van der Waals surface area contributed by atoms with Crippen LogP contribution in [-0.4, -0.2) is 30.8 Å². The molecule has 0 aliphatic heterocycles. The molecule has 11 heteroatoms. The van der Waals surface area contributed by atoms with Crippen LogP contribution in [0.4, 0.5) is 16.0 Å². The first-order chi connectivity index (χ1) is 17.9. The molecule has 0 radical (unpaired) electrons. The maximum absolute atomic E-state index is 14.0. The minimum absolute atomic E-state index is 0.158. The number of pyridine rings is 1. The van der Waals surface area contributed by atoms with E-state index in [-0.39, 0.29) is 11.5 Å². The molecular weight excluding hydrogens is 491 g/mol. The fourth-order valence-electron chi connectivity index (χ4n) is 3.76. The van der Waals surface area contributed by atoms with E-state index >= 15 is 0 Å². The molecule has 0 spiro atoms. The number of hydrogen-bond acceptors (Lipinski definition) is 9. The van der Waals surface area contributed by atoms with Gasteiger partial charge in [-0.1, -0.05) is 12.1 Å². The van der Waals surface area contributed by atoms with E-state index < -0.39 is 11.9 Å². The minimum Gasteiger partial charge on any atom is -0.383 e. The summed E-state index contributed by atoms with van der Waals surface area (Å²) in [6.45, 7) is 3.92. The topological polar surface area (TPSA) is 132 Å². The number of thiophene rings is 1. The quantitative estimate of drug-likeness (QED) is 0.285. The van der Waals surface area contributed by atoms with E-state index in [1.807, 2.05) is 18.2 Å². The third-order valence-corrected chi connectivity index (χ3v) is 6.96. The molecule has 0 aliphatic carbocycles. The van der Waals surface area contributed by atoms with Gasteiger partial charge in [-0.2, -0.15) is 0 Å². The average Bonchev–Trinajstić information content (AvgIpc) is 3.38. The van der Waals surface area contributed by atoms with Crippen molar-refractivity contribution >= 4 is 39.8 Å². The number of nitrogens with zero attached hydrogens (tertiary/aromatic N) is 5. The average molecular weight is 515 g/mol. The first-order valence-electron chi connectivity index (χ1n) is 11.5. The highest BCUT2D eigenvalue weighted by molar-refractivity contribution is 7.15. The van der Waals surface area contributed by atoms with Crippen molar-refractivity contribution in [3.8, 4) is 10.6 Å². The SMILES string of the molecule is Cc1ccc([C@H](C)NC(=O)c2nccnc2NCc2ccc(-c3cc4c(N)ncnc4cn3)s2)cc1F. The summed E-state index contributed by atoms with van der Waals surface area (Å²) in [5, 5.41) is 6.82. The van der Waals surface area contributed by atoms with Gasteiger partial charge in [-0.25, -0.2) is 24.3 Å². The summed E-state index contributed by atoms with van der Waals surface area (Å²) in [4.78, 5) is 36.2. The summed E-state index contributed by atoms with van der Waals surface area (Å²) in [5.41, 5.74) is 8.81. The van der Waals surface area contributed by atoms with Crippen molar-refractivity contribution in [2.75, 3.05) is 11.1 Å². The Morgan fingerprint density at radius 2 is 1.92 bits per heavy atom. The molecule has 4 N–H and O–H groups in total. The van der Waals surface area contributed by atoms with Crippen LogP contribution in [0.3, 0.4) is 0 Å². The Morgan fingerprint density at radius 1 is 1.08 bits per heavy atom. The van der Waals surface area contributed by atoms with Gasteiger partial charge in [-0.15, -0.1) is 11.3 Å². The number of halogens is 1. The molecule has 4 heterocycles. The zero-order valence-corrected chi connectivity index (χ0v) is 20.9. The van der Waals surface area contributed by atoms with Crippen LogP contribution in [0.25, 0.3) is 21.5 Å². The van der Waals surface area contributed by atoms with Crippen LogP contribution in [0.1, 0.15) is 39.5 Å². The maximum Gasteiger partial charge on any atom is 0.274 e. The van der Waals surface area contributed by atoms with Crippen LogP contribution in [0.2, 0.25) is 0 Å². The van der Waals surface area contributed by atoms with Crippen LogP contribution >= 0.6 is 11.3 Å². The predicted octanol–water partition coefficient (Wildman–Crippen LogP) is 4.68. The monoisotopic (exact) mass is 514 g/mol. The number of rotatable bonds is 7. The zero-order chi connectivity index (χ0) is 25.9. The summed E-state index contributed by atoms with van der Waals surface area (Å²) in [6.07, 6.45) is 6.07. The van der Waals surface area contributed by atoms with Crippen molar-refractivity contribution < 1.29 is 9.18 Å². The predicted molar refractivity (Wildman–Crippen MR) is 141 cm³/mol. The van der Waals surface area contributed by atoms with Gasteiger partial charge >= 0.3 is 0 Å². The molecule has 0 saturated heterocycles. The van der Waals surface area contributed by atoms with Gasteiger partial charge in [0.15, 0.2) is 11.5 Å². The highest BCUT2D eigenvalue weighted by atomic mass is 32.1. The van der Waals surface area contributed by atoms with Gasteiger partial charge in [0.05, 0.1) is 34.9 Å². The lowest BCUT2D eigenvalue weighted by Gasteiger charge is -2.16. The van der Waals surface area contributed by atoms with E-state index in [0.29, 0.717) is 34.8 Å². The van der Waals surface area contributed by atoms with E-state index in [0.717, 1.165) is 20.8 Å². The number of nitrogen functional groups attached to an aromatic ring is 1. The van der Waals surface area contributed by atoms with Crippen molar-refractivity contribution in [2.24, 2.45) is 0 Å². The number of carbonyl (C=O) groups is 1. The Bertz CT molecular complexity index is 1610. The standard InChI is InChI=1S/C26H23FN8OS/c1-14-3-4-16(9-19(14)27)15(2)35-26(36)23-25(30-8-7-29-23)32-11-17-5-6-22(37-17)20-10-18-21(12-31-20)33-13-34-24(18)28/h3-10,12-13,15H,11H2,1-2H3,(H,30,32)(H,35,36)(H2,28,33,34)/t15-/m0/s1. The fourth-order valence-corrected chi connectivity index (χ4v) is 4.67. The second kappa shape index (κ2) is 10.2. The highest BCUT2D eigenvalue weighted by Crippen LogP contribution is 2.30. The lowest BCUT2D eigenvalue weighted by Crippen LogP contribution is -2.28. The Labute approximate surface area is 216 Å². The number of amides is 1. The van der Waals surface area contributed by atoms with Crippen molar-refractivity contribution in [3.63, 3.8) is 0 Å². The lowest BCUT2D eigenvalue weighted by atomic mass is 10.1. The van der Waals surface area contributed by atoms with Gasteiger partial charge in [0.1, 0.15) is 18.0 Å². The van der Waals surface area contributed by atoms with Crippen LogP contribution in [0, 0.1) is 12.7 Å². The fraction of sp³-hybridized carbons (Fsp3) is 0.154. The first kappa shape index (κ1) is 24.2. The normalized spacial score (nSPS) is 11.9. The highest BCUT2D eigenvalue weighted by Gasteiger charge is 2.18. The van der Waals surface area contributed by atoms with Crippen LogP contribution < -0.4 is 16.4 Å². The molecule has 1 amide bonds. The number of aromatic nitrogens is 5. The summed E-state index contributed by atoms with van der Waals surface area (Å²) < 4.78 is 14.0. The molecular formula is C26H23FN8OS. The number of nitrogens with one attached hydrogen (secondary N) is 2. The van der Waals surface area contributed by atoms with Crippen molar-refractivity contribution in [3.05, 3.63) is 88.8 Å². The number of hydrogen-bond donors (Lipinski definition) is 3. The molecule has 186 valence electrons. The van der Waals surface area contributed by atoms with Gasteiger partial charge in [0.2, 0.25) is 0 Å². The molecule has 0 unspecified atom stereocenters. The van der Waals surface area contributed by atoms with E-state index in [1.165, 1.54) is 24.8 Å². The van der Waals surface area contributed by atoms with Crippen LogP contribution in [0.15, 0.2) is 61.3 Å². The van der Waals surface area contributed by atoms with Gasteiger partial charge < -0.3 is 16.4 Å². The van der Waals surface area contributed by atoms with Gasteiger partial charge in [0.25, 0.3) is 5.91 Å². The van der Waals surface area contributed by atoms with Gasteiger partial charge in [-0.3, -0.25) is 9.78 Å². The Balaban J connectivity index is 1.28. The van der Waals surface area contributed by atoms with Crippen molar-refractivity contribution in [1.29, 1.82) is 0 Å². The summed E-state index contributed by atoms with van der Waals surface area (Å²) in [5.74, 6) is 0.0379. The molecule has 0 aliphatic rings. The molecule has 37 heavy (non-hydrogen) atoms. The Hall–Kier alpha value is -4.51. The molecule has 5 rings (SSSR count). The number of fused-ring (bicyclic) bond motifs is 1. The molecule has 9 nitrogen and oxygen atoms in total. The summed E-state index contributed by atoms with van der Waals surface area (Å²) >= 11 is 1.55. The zero-order valence-electron chi connectivity index (χ0n) is 20.1. The van der Waals surface area contributed by atoms with Gasteiger partial charge in [-0.05, 0) is 49.2 Å². The second-order valence-corrected chi connectivity index (χ2v) is 9.59. The van der Waals surface area contributed by atoms with Crippen molar-refractivity contribution in [1.82, 2.24) is 30.2 Å². The number of anilines is 2. The number of nitrogens with two attached hydrogens (primary N) is 1. The summed E-state index contributed by atoms with van der Waals surface area (Å²) in [6, 6.07) is 10.3. The van der Waals surface area contributed by atoms with Crippen LogP contribution in [-0.2, 0) is 6.54 Å². The van der Waals surface area contributed by atoms with E-state index in [2.05, 4.69) is 35.6 Å². The number of carbonyl (C=O) groups excluding carboxylic acids is 1. The third kappa shape index (κ3) is 5.21. The second-order valence-electron chi connectivity index (χ2n) is 8.42. The molecule has 1 atom stereocenters. The molecule has 1 aromatic carbocycles. The largest absolute Gasteiger partial charge is 0.383 e. The summed E-state index contributed by atoms with van der Waals surface area (Å²) in [7, 11) is 0. The van der Waals surface area contributed by atoms with E-state index in [9.17, 15) is 9.18 Å². The lowest BCUT2D eigenvalue weighted by molar-refractivity contribution is 0.0935. The van der Waals surface area contributed by atoms with E-state index in [1.54, 1.807) is 43.5 Å². The third-order valence-electron chi connectivity index (χ3n) is 5.85. The smallest absolute Gasteiger partial charge is 0.274 e. The molecule has 5 aromatic rings. The van der Waals surface area contributed by atoms with Gasteiger partial charge in [0, 0.05) is 22.7 Å². The number of aryl methyl sites for hydroxylation is 1. The first-order valence-corrected chi connectivity index (χ1v) is 12.3. The van der Waals surface area contributed by atoms with E-state index in [4.69, 9.17) is 5.73 Å². The Morgan fingerprint density at radius 3 is 2.76 bits per heavy atom. The van der Waals surface area contributed by atoms with Crippen molar-refractivity contribution in [2.45, 2.75) is 26.4 Å². The maximum atomic E-state index is 14.0. The molecule has 0 saturated carbocycles. The molecule has 0 fully saturated rings. The number of benzene rings is 1. The molecule has 4 aromatic heterocycles. The Kier molecular flexibility index (Phi) is 6.69. The minimum atomic E-state index is -0.411. The van der Waals surface area contributed by atoms with Crippen LogP contribution in [0.5, 0.6) is 0 Å².